The molecule has 1 fully saturated rings. The van der Waals surface area contributed by atoms with Gasteiger partial charge in [0.15, 0.2) is 4.51 Å². The Morgan fingerprint density at radius 3 is 2.41 bits per heavy atom. The van der Waals surface area contributed by atoms with Crippen molar-refractivity contribution in [2.45, 2.75) is 36.7 Å². The molecular formula is C26H27BrClF3N2O5S. The number of benzene rings is 2. The number of hydrogen-bond acceptors (Lipinski definition) is 6. The van der Waals surface area contributed by atoms with Gasteiger partial charge in [0.25, 0.3) is 10.0 Å². The maximum Gasteiger partial charge on any atom is 0.524 e. The van der Waals surface area contributed by atoms with Crippen LogP contribution in [0, 0.1) is 0 Å². The Labute approximate surface area is 238 Å². The third-order valence-corrected chi connectivity index (χ3v) is 9.22. The van der Waals surface area contributed by atoms with Gasteiger partial charge < -0.3 is 9.84 Å². The number of hydrogen-bond donors (Lipinski definition) is 1. The largest absolute Gasteiger partial charge is 0.524 e. The first-order valence-corrected chi connectivity index (χ1v) is 14.8. The van der Waals surface area contributed by atoms with Crippen molar-refractivity contribution in [1.29, 1.82) is 0 Å². The lowest BCUT2D eigenvalue weighted by Gasteiger charge is -2.30. The summed E-state index contributed by atoms with van der Waals surface area (Å²) in [7, 11) is -4.26. The minimum atomic E-state index is -4.92. The summed E-state index contributed by atoms with van der Waals surface area (Å²) in [5, 5.41) is 9.86. The van der Waals surface area contributed by atoms with Crippen LogP contribution < -0.4 is 9.04 Å². The number of aromatic hydroxyl groups is 1. The number of likely N-dealkylation sites (tertiary alicyclic amines) is 1. The van der Waals surface area contributed by atoms with E-state index in [1.165, 1.54) is 31.0 Å². The normalized spacial score (nSPS) is 20.2. The molecular weight excluding hydrogens is 625 g/mol. The quantitative estimate of drug-likeness (QED) is 0.303. The Morgan fingerprint density at radius 2 is 1.82 bits per heavy atom. The van der Waals surface area contributed by atoms with E-state index in [-0.39, 0.29) is 28.6 Å². The minimum Gasteiger partial charge on any atom is -0.508 e. The van der Waals surface area contributed by atoms with Crippen molar-refractivity contribution in [2.24, 2.45) is 0 Å². The van der Waals surface area contributed by atoms with Crippen LogP contribution in [0.15, 0.2) is 65.6 Å². The zero-order valence-corrected chi connectivity index (χ0v) is 23.9. The van der Waals surface area contributed by atoms with E-state index in [0.717, 1.165) is 42.2 Å². The van der Waals surface area contributed by atoms with Gasteiger partial charge in [-0.3, -0.25) is 13.9 Å². The Kier molecular flexibility index (Phi) is 9.22. The molecule has 1 unspecified atom stereocenters. The van der Waals surface area contributed by atoms with Crippen molar-refractivity contribution in [3.8, 4) is 11.5 Å². The first kappa shape index (κ1) is 29.7. The molecule has 4 rings (SSSR count). The molecule has 39 heavy (non-hydrogen) atoms. The molecule has 2 aromatic rings. The van der Waals surface area contributed by atoms with Crippen LogP contribution in [0.2, 0.25) is 5.02 Å². The van der Waals surface area contributed by atoms with Crippen LogP contribution in [-0.4, -0.2) is 55.5 Å². The molecule has 1 saturated heterocycles. The number of alkyl halides is 4. The van der Waals surface area contributed by atoms with Gasteiger partial charge in [-0.2, -0.15) is 0 Å². The fourth-order valence-corrected chi connectivity index (χ4v) is 6.52. The number of halogens is 5. The van der Waals surface area contributed by atoms with Crippen molar-refractivity contribution < 1.29 is 36.2 Å². The van der Waals surface area contributed by atoms with E-state index in [1.807, 2.05) is 0 Å². The lowest BCUT2D eigenvalue weighted by Crippen LogP contribution is -2.35. The number of rotatable bonds is 10. The van der Waals surface area contributed by atoms with Crippen molar-refractivity contribution >= 4 is 43.2 Å². The van der Waals surface area contributed by atoms with Crippen LogP contribution in [0.1, 0.15) is 24.8 Å². The van der Waals surface area contributed by atoms with Crippen LogP contribution >= 0.6 is 27.5 Å². The maximum absolute atomic E-state index is 13.8. The molecule has 1 atom stereocenters. The topological polar surface area (TPSA) is 79.3 Å². The third-order valence-electron chi connectivity index (χ3n) is 6.30. The molecule has 1 N–H and O–H groups in total. The van der Waals surface area contributed by atoms with Gasteiger partial charge in [0.2, 0.25) is 0 Å². The predicted octanol–water partition coefficient (Wildman–Crippen LogP) is 6.33. The van der Waals surface area contributed by atoms with Gasteiger partial charge in [-0.25, -0.2) is 8.42 Å². The molecule has 1 aliphatic heterocycles. The van der Waals surface area contributed by atoms with E-state index >= 15 is 0 Å². The molecule has 7 nitrogen and oxygen atoms in total. The van der Waals surface area contributed by atoms with Crippen molar-refractivity contribution in [2.75, 3.05) is 30.5 Å². The molecule has 1 aliphatic carbocycles. The number of nitrogens with zero attached hydrogens (tertiary/aromatic N) is 2. The maximum atomic E-state index is 13.8. The van der Waals surface area contributed by atoms with E-state index < -0.39 is 20.9 Å². The summed E-state index contributed by atoms with van der Waals surface area (Å²) in [4.78, 5) is 2.11. The standard InChI is InChI=1S/C26H27BrClF3N2O5S/c27-25(38-26(29,30)31)11-9-23(10-12-25)39(35,36)33(18-19-3-6-21(34)17-24(19)28)20-4-7-22(8-5-20)37-16-15-32-13-1-2-14-32/h3-11,17,34H,1-2,12-16,18H2. The zero-order valence-electron chi connectivity index (χ0n) is 20.7. The average molecular weight is 652 g/mol. The third kappa shape index (κ3) is 7.91. The first-order valence-electron chi connectivity index (χ1n) is 12.2. The number of phenols is 1. The van der Waals surface area contributed by atoms with E-state index in [2.05, 4.69) is 25.6 Å². The molecule has 0 bridgehead atoms. The molecule has 212 valence electrons. The number of allylic oxidation sites excluding steroid dienone is 1. The van der Waals surface area contributed by atoms with Crippen molar-refractivity contribution in [3.05, 3.63) is 76.2 Å². The summed E-state index contributed by atoms with van der Waals surface area (Å²) in [6, 6.07) is 10.7. The Balaban J connectivity index is 1.57. The predicted molar refractivity (Wildman–Crippen MR) is 146 cm³/mol. The van der Waals surface area contributed by atoms with Gasteiger partial charge >= 0.3 is 6.36 Å². The summed E-state index contributed by atoms with van der Waals surface area (Å²) < 4.78 is 75.0. The van der Waals surface area contributed by atoms with Gasteiger partial charge in [0.05, 0.1) is 17.1 Å². The van der Waals surface area contributed by atoms with Crippen LogP contribution in [0.5, 0.6) is 11.5 Å². The Morgan fingerprint density at radius 1 is 1.13 bits per heavy atom. The highest BCUT2D eigenvalue weighted by Crippen LogP contribution is 2.39. The molecule has 0 saturated carbocycles. The molecule has 13 heteroatoms. The Bertz CT molecular complexity index is 1330. The number of sulfonamides is 1. The summed E-state index contributed by atoms with van der Waals surface area (Å²) in [6.45, 7) is 3.21. The summed E-state index contributed by atoms with van der Waals surface area (Å²) >= 11 is 9.16. The van der Waals surface area contributed by atoms with Gasteiger partial charge in [-0.05, 0) is 96.0 Å². The fraction of sp³-hybridized carbons (Fsp3) is 0.385. The number of anilines is 1. The van der Waals surface area contributed by atoms with Crippen molar-refractivity contribution in [3.63, 3.8) is 0 Å². The highest BCUT2D eigenvalue weighted by atomic mass is 79.9. The van der Waals surface area contributed by atoms with E-state index in [1.54, 1.807) is 24.3 Å². The molecule has 0 radical (unpaired) electrons. The van der Waals surface area contributed by atoms with Crippen LogP contribution in [-0.2, 0) is 21.3 Å². The second-order valence-corrected chi connectivity index (χ2v) is 12.8. The molecule has 2 aliphatic rings. The Hall–Kier alpha value is -2.25. The van der Waals surface area contributed by atoms with Crippen LogP contribution in [0.25, 0.3) is 0 Å². The zero-order chi connectivity index (χ0) is 28.3. The summed E-state index contributed by atoms with van der Waals surface area (Å²) in [5.74, 6) is 0.493. The second kappa shape index (κ2) is 12.1. The molecule has 2 aromatic carbocycles. The SMILES string of the molecule is O=S(=O)(C1=CCC(Br)(OC(F)(F)F)C=C1)N(Cc1ccc(O)cc1Cl)c1ccc(OCCN2CCCC2)cc1. The van der Waals surface area contributed by atoms with E-state index in [0.29, 0.717) is 23.6 Å². The van der Waals surface area contributed by atoms with Gasteiger partial charge in [-0.15, -0.1) is 13.2 Å². The number of ether oxygens (including phenoxy) is 2. The van der Waals surface area contributed by atoms with Gasteiger partial charge in [-0.1, -0.05) is 23.7 Å². The lowest BCUT2D eigenvalue weighted by atomic mass is 10.1. The van der Waals surface area contributed by atoms with Crippen LogP contribution in [0.3, 0.4) is 0 Å². The highest BCUT2D eigenvalue weighted by molar-refractivity contribution is 9.10. The van der Waals surface area contributed by atoms with E-state index in [9.17, 15) is 26.7 Å². The minimum absolute atomic E-state index is 0.0789. The summed E-state index contributed by atoms with van der Waals surface area (Å²) in [5.41, 5.74) is 0.710. The van der Waals surface area contributed by atoms with Crippen LogP contribution in [0.4, 0.5) is 18.9 Å². The van der Waals surface area contributed by atoms with Gasteiger partial charge in [0.1, 0.15) is 18.1 Å². The molecule has 0 spiro atoms. The monoisotopic (exact) mass is 650 g/mol. The lowest BCUT2D eigenvalue weighted by molar-refractivity contribution is -0.341. The molecule has 1 heterocycles. The van der Waals surface area contributed by atoms with E-state index in [4.69, 9.17) is 16.3 Å². The average Bonchev–Trinajstić information content (AvgIpc) is 3.36. The van der Waals surface area contributed by atoms with Crippen molar-refractivity contribution in [1.82, 2.24) is 4.90 Å². The first-order chi connectivity index (χ1) is 18.3. The second-order valence-electron chi connectivity index (χ2n) is 9.16. The fourth-order valence-electron chi connectivity index (χ4n) is 4.31. The molecule has 0 aromatic heterocycles. The smallest absolute Gasteiger partial charge is 0.508 e. The summed E-state index contributed by atoms with van der Waals surface area (Å²) in [6.07, 6.45) is 0.310. The number of phenolic OH excluding ortho intramolecular Hbond substituents is 1. The molecule has 0 amide bonds. The van der Waals surface area contributed by atoms with Gasteiger partial charge in [0, 0.05) is 18.0 Å². The highest BCUT2D eigenvalue weighted by Gasteiger charge is 2.42.